The molecule has 0 N–H and O–H groups in total. The zero-order valence-corrected chi connectivity index (χ0v) is 10.7. The van der Waals surface area contributed by atoms with Gasteiger partial charge in [0.25, 0.3) is 0 Å². The summed E-state index contributed by atoms with van der Waals surface area (Å²) in [4.78, 5) is 16.2. The lowest BCUT2D eigenvalue weighted by atomic mass is 10.1. The second-order valence-corrected chi connectivity index (χ2v) is 4.44. The van der Waals surface area contributed by atoms with Crippen LogP contribution >= 0.6 is 0 Å². The Morgan fingerprint density at radius 1 is 1.00 bits per heavy atom. The fourth-order valence-electron chi connectivity index (χ4n) is 2.05. The first-order valence-electron chi connectivity index (χ1n) is 5.96. The highest BCUT2D eigenvalue weighted by molar-refractivity contribution is 5.65. The van der Waals surface area contributed by atoms with Crippen LogP contribution in [0, 0.1) is 0 Å². The van der Waals surface area contributed by atoms with Crippen LogP contribution in [0.1, 0.15) is 11.4 Å². The van der Waals surface area contributed by atoms with E-state index in [0.29, 0.717) is 23.5 Å². The van der Waals surface area contributed by atoms with Crippen LogP contribution in [0.3, 0.4) is 0 Å². The van der Waals surface area contributed by atoms with Crippen molar-refractivity contribution in [2.24, 2.45) is 14.1 Å². The summed E-state index contributed by atoms with van der Waals surface area (Å²) in [5.41, 5.74) is 2.04. The van der Waals surface area contributed by atoms with Gasteiger partial charge in [-0.05, 0) is 5.56 Å². The highest BCUT2D eigenvalue weighted by Crippen LogP contribution is 2.08. The molecular weight excluding hydrogens is 242 g/mol. The van der Waals surface area contributed by atoms with Gasteiger partial charge in [0, 0.05) is 20.5 Å². The molecule has 0 saturated carbocycles. The summed E-state index contributed by atoms with van der Waals surface area (Å²) in [6.07, 6.45) is 0.604. The van der Waals surface area contributed by atoms with Gasteiger partial charge in [-0.1, -0.05) is 30.3 Å². The summed E-state index contributed by atoms with van der Waals surface area (Å²) >= 11 is 0. The average Bonchev–Trinajstić information content (AvgIpc) is 2.65. The fourth-order valence-corrected chi connectivity index (χ4v) is 2.05. The van der Waals surface area contributed by atoms with E-state index in [9.17, 15) is 4.79 Å². The Bertz CT molecular complexity index is 788. The van der Waals surface area contributed by atoms with Crippen LogP contribution in [-0.2, 0) is 20.5 Å². The number of aryl methyl sites for hydroxylation is 2. The standard InChI is InChI=1S/C13H13N5O/c1-17-11-12(18(2)13(17)19)16-15-10(14-11)8-9-6-4-3-5-7-9/h3-7H,8H2,1-2H3. The second kappa shape index (κ2) is 4.31. The maximum Gasteiger partial charge on any atom is 0.331 e. The van der Waals surface area contributed by atoms with Crippen LogP contribution in [0.15, 0.2) is 35.1 Å². The Morgan fingerprint density at radius 3 is 2.42 bits per heavy atom. The molecule has 1 aromatic carbocycles. The monoisotopic (exact) mass is 255 g/mol. The van der Waals surface area contributed by atoms with Crippen molar-refractivity contribution in [1.29, 1.82) is 0 Å². The average molecular weight is 255 g/mol. The number of aromatic nitrogens is 5. The molecule has 2 aromatic heterocycles. The number of benzene rings is 1. The minimum atomic E-state index is -0.145. The Kier molecular flexibility index (Phi) is 2.63. The van der Waals surface area contributed by atoms with Crippen LogP contribution in [0.25, 0.3) is 11.3 Å². The lowest BCUT2D eigenvalue weighted by Crippen LogP contribution is -2.19. The Hall–Kier alpha value is -2.50. The molecule has 6 nitrogen and oxygen atoms in total. The Morgan fingerprint density at radius 2 is 1.68 bits per heavy atom. The molecule has 0 aliphatic carbocycles. The number of hydrogen-bond donors (Lipinski definition) is 0. The van der Waals surface area contributed by atoms with Crippen LogP contribution in [0.5, 0.6) is 0 Å². The van der Waals surface area contributed by atoms with Crippen molar-refractivity contribution in [3.8, 4) is 0 Å². The van der Waals surface area contributed by atoms with Gasteiger partial charge in [0.1, 0.15) is 0 Å². The second-order valence-electron chi connectivity index (χ2n) is 4.44. The minimum Gasteiger partial charge on any atom is -0.278 e. The van der Waals surface area contributed by atoms with E-state index >= 15 is 0 Å². The van der Waals surface area contributed by atoms with Crippen molar-refractivity contribution < 1.29 is 0 Å². The van der Waals surface area contributed by atoms with Crippen molar-refractivity contribution >= 4 is 11.3 Å². The normalized spacial score (nSPS) is 11.1. The molecule has 3 rings (SSSR count). The summed E-state index contributed by atoms with van der Waals surface area (Å²) < 4.78 is 2.93. The van der Waals surface area contributed by atoms with Crippen LogP contribution in [0.2, 0.25) is 0 Å². The summed E-state index contributed by atoms with van der Waals surface area (Å²) in [7, 11) is 3.35. The number of nitrogens with zero attached hydrogens (tertiary/aromatic N) is 5. The number of fused-ring (bicyclic) bond motifs is 1. The first-order chi connectivity index (χ1) is 9.16. The van der Waals surface area contributed by atoms with Crippen molar-refractivity contribution in [3.63, 3.8) is 0 Å². The van der Waals surface area contributed by atoms with Gasteiger partial charge in [0.2, 0.25) is 5.65 Å². The van der Waals surface area contributed by atoms with Crippen LogP contribution < -0.4 is 5.69 Å². The zero-order chi connectivity index (χ0) is 13.4. The fraction of sp³-hybridized carbons (Fsp3) is 0.231. The van der Waals surface area contributed by atoms with Gasteiger partial charge in [-0.15, -0.1) is 10.2 Å². The molecule has 6 heteroatoms. The van der Waals surface area contributed by atoms with Crippen LogP contribution in [-0.4, -0.2) is 24.3 Å². The van der Waals surface area contributed by atoms with E-state index in [1.165, 1.54) is 9.13 Å². The van der Waals surface area contributed by atoms with E-state index in [2.05, 4.69) is 15.2 Å². The highest BCUT2D eigenvalue weighted by atomic mass is 16.1. The minimum absolute atomic E-state index is 0.145. The molecule has 0 unspecified atom stereocenters. The maximum atomic E-state index is 11.8. The van der Waals surface area contributed by atoms with Crippen molar-refractivity contribution in [2.45, 2.75) is 6.42 Å². The quantitative estimate of drug-likeness (QED) is 0.674. The highest BCUT2D eigenvalue weighted by Gasteiger charge is 2.12. The third kappa shape index (κ3) is 1.91. The molecule has 19 heavy (non-hydrogen) atoms. The number of rotatable bonds is 2. The van der Waals surface area contributed by atoms with Gasteiger partial charge in [0.05, 0.1) is 0 Å². The van der Waals surface area contributed by atoms with Crippen molar-refractivity contribution in [2.75, 3.05) is 0 Å². The van der Waals surface area contributed by atoms with Crippen LogP contribution in [0.4, 0.5) is 0 Å². The summed E-state index contributed by atoms with van der Waals surface area (Å²) in [6, 6.07) is 9.93. The lowest BCUT2D eigenvalue weighted by molar-refractivity contribution is 0.787. The molecule has 0 fully saturated rings. The smallest absolute Gasteiger partial charge is 0.278 e. The SMILES string of the molecule is Cn1c(=O)n(C)c2nc(Cc3ccccc3)nnc21. The maximum absolute atomic E-state index is 11.8. The van der Waals surface area contributed by atoms with E-state index in [1.807, 2.05) is 30.3 Å². The van der Waals surface area contributed by atoms with Gasteiger partial charge in [0.15, 0.2) is 11.5 Å². The first-order valence-corrected chi connectivity index (χ1v) is 5.96. The Labute approximate surface area is 109 Å². The molecule has 0 saturated heterocycles. The van der Waals surface area contributed by atoms with E-state index in [-0.39, 0.29) is 5.69 Å². The molecule has 0 spiro atoms. The molecule has 0 aliphatic heterocycles. The summed E-state index contributed by atoms with van der Waals surface area (Å²) in [5.74, 6) is 0.611. The largest absolute Gasteiger partial charge is 0.331 e. The predicted octanol–water partition coefficient (Wildman–Crippen LogP) is 0.653. The molecule has 3 aromatic rings. The van der Waals surface area contributed by atoms with E-state index < -0.39 is 0 Å². The molecule has 0 radical (unpaired) electrons. The van der Waals surface area contributed by atoms with E-state index in [4.69, 9.17) is 0 Å². The topological polar surface area (TPSA) is 65.6 Å². The molecule has 0 amide bonds. The van der Waals surface area contributed by atoms with Gasteiger partial charge in [-0.2, -0.15) is 0 Å². The number of imidazole rings is 1. The molecule has 0 bridgehead atoms. The third-order valence-corrected chi connectivity index (χ3v) is 3.11. The van der Waals surface area contributed by atoms with Gasteiger partial charge >= 0.3 is 5.69 Å². The van der Waals surface area contributed by atoms with Gasteiger partial charge < -0.3 is 0 Å². The van der Waals surface area contributed by atoms with Crippen molar-refractivity contribution in [3.05, 3.63) is 52.2 Å². The van der Waals surface area contributed by atoms with Gasteiger partial charge in [-0.3, -0.25) is 9.13 Å². The van der Waals surface area contributed by atoms with Crippen molar-refractivity contribution in [1.82, 2.24) is 24.3 Å². The Balaban J connectivity index is 2.07. The number of hydrogen-bond acceptors (Lipinski definition) is 4. The van der Waals surface area contributed by atoms with Gasteiger partial charge in [-0.25, -0.2) is 9.78 Å². The van der Waals surface area contributed by atoms with E-state index in [1.54, 1.807) is 14.1 Å². The summed E-state index contributed by atoms with van der Waals surface area (Å²) in [5, 5.41) is 8.17. The molecule has 96 valence electrons. The lowest BCUT2D eigenvalue weighted by Gasteiger charge is -2.00. The molecule has 2 heterocycles. The molecular formula is C13H13N5O. The molecule has 0 aliphatic rings. The third-order valence-electron chi connectivity index (χ3n) is 3.11. The predicted molar refractivity (Wildman–Crippen MR) is 70.8 cm³/mol. The molecule has 0 atom stereocenters. The van der Waals surface area contributed by atoms with E-state index in [0.717, 1.165) is 5.56 Å². The summed E-state index contributed by atoms with van der Waals surface area (Å²) in [6.45, 7) is 0. The zero-order valence-electron chi connectivity index (χ0n) is 10.7. The first kappa shape index (κ1) is 11.6.